The number of ketones is 1. The fourth-order valence-electron chi connectivity index (χ4n) is 2.22. The van der Waals surface area contributed by atoms with Crippen LogP contribution in [0.2, 0.25) is 0 Å². The van der Waals surface area contributed by atoms with Gasteiger partial charge < -0.3 is 9.26 Å². The highest BCUT2D eigenvalue weighted by molar-refractivity contribution is 7.13. The van der Waals surface area contributed by atoms with E-state index in [0.29, 0.717) is 17.2 Å². The maximum absolute atomic E-state index is 12.2. The van der Waals surface area contributed by atoms with Gasteiger partial charge in [0.1, 0.15) is 0 Å². The topological polar surface area (TPSA) is 100 Å². The second-order valence-electron chi connectivity index (χ2n) is 5.06. The lowest BCUT2D eigenvalue weighted by atomic mass is 10.1. The van der Waals surface area contributed by atoms with E-state index in [1.165, 1.54) is 11.3 Å². The molecule has 0 unspecified atom stereocenters. The number of Topliss-reactive ketones (excluding diaryl/α,β-unsaturated/α-hetero) is 1. The maximum atomic E-state index is 12.2. The number of nitrogens with zero attached hydrogens (tertiary/aromatic N) is 4. The zero-order chi connectivity index (χ0) is 17.3. The molecule has 3 aromatic heterocycles. The molecule has 124 valence electrons. The third-order valence-electron chi connectivity index (χ3n) is 3.46. The molecule has 3 rings (SSSR count). The highest BCUT2D eigenvalue weighted by Gasteiger charge is 2.25. The Balaban J connectivity index is 1.66. The van der Waals surface area contributed by atoms with Crippen molar-refractivity contribution in [2.45, 2.75) is 20.5 Å². The summed E-state index contributed by atoms with van der Waals surface area (Å²) in [5, 5.41) is 9.81. The average molecular weight is 346 g/mol. The van der Waals surface area contributed by atoms with Gasteiger partial charge in [0.15, 0.2) is 6.61 Å². The predicted molar refractivity (Wildman–Crippen MR) is 84.4 cm³/mol. The Morgan fingerprint density at radius 2 is 2.17 bits per heavy atom. The van der Waals surface area contributed by atoms with Crippen LogP contribution in [0.15, 0.2) is 22.0 Å². The van der Waals surface area contributed by atoms with Crippen LogP contribution in [0.5, 0.6) is 0 Å². The van der Waals surface area contributed by atoms with Crippen LogP contribution in [0.3, 0.4) is 0 Å². The Morgan fingerprint density at radius 1 is 1.38 bits per heavy atom. The Labute approximate surface area is 141 Å². The second kappa shape index (κ2) is 6.36. The fourth-order valence-corrected chi connectivity index (χ4v) is 2.87. The molecule has 3 heterocycles. The van der Waals surface area contributed by atoms with E-state index in [1.807, 2.05) is 17.5 Å². The molecule has 0 aliphatic carbocycles. The van der Waals surface area contributed by atoms with Gasteiger partial charge in [-0.1, -0.05) is 11.2 Å². The molecule has 0 bridgehead atoms. The number of carbonyl (C=O) groups is 2. The minimum Gasteiger partial charge on any atom is -0.450 e. The molecule has 0 N–H and O–H groups in total. The van der Waals surface area contributed by atoms with E-state index in [0.717, 1.165) is 4.88 Å². The standard InChI is InChI=1S/C15H14N4O4S/c1-8-12(9(2)19(3)17-8)13(20)15(21)22-7-11-16-14(18-23-11)10-5-4-6-24-10/h4-6H,7H2,1-3H3. The van der Waals surface area contributed by atoms with Crippen LogP contribution in [0, 0.1) is 13.8 Å². The predicted octanol–water partition coefficient (Wildman–Crippen LogP) is 2.07. The van der Waals surface area contributed by atoms with Crippen LogP contribution in [0.25, 0.3) is 10.7 Å². The van der Waals surface area contributed by atoms with E-state index in [-0.39, 0.29) is 18.1 Å². The molecular weight excluding hydrogens is 332 g/mol. The Bertz CT molecular complexity index is 895. The van der Waals surface area contributed by atoms with Crippen molar-refractivity contribution in [3.8, 4) is 10.7 Å². The van der Waals surface area contributed by atoms with Gasteiger partial charge in [-0.05, 0) is 25.3 Å². The van der Waals surface area contributed by atoms with Gasteiger partial charge in [-0.25, -0.2) is 4.79 Å². The third-order valence-corrected chi connectivity index (χ3v) is 4.32. The number of rotatable bonds is 5. The van der Waals surface area contributed by atoms with Gasteiger partial charge in [0.25, 0.3) is 11.7 Å². The van der Waals surface area contributed by atoms with Gasteiger partial charge in [0.05, 0.1) is 16.1 Å². The van der Waals surface area contributed by atoms with Gasteiger partial charge in [-0.2, -0.15) is 10.1 Å². The molecule has 0 amide bonds. The van der Waals surface area contributed by atoms with Crippen molar-refractivity contribution in [2.75, 3.05) is 0 Å². The van der Waals surface area contributed by atoms with E-state index in [2.05, 4.69) is 15.2 Å². The van der Waals surface area contributed by atoms with Crippen molar-refractivity contribution in [3.63, 3.8) is 0 Å². The Morgan fingerprint density at radius 3 is 2.79 bits per heavy atom. The van der Waals surface area contributed by atoms with Gasteiger partial charge >= 0.3 is 5.97 Å². The minimum absolute atomic E-state index is 0.124. The summed E-state index contributed by atoms with van der Waals surface area (Å²) in [7, 11) is 1.70. The van der Waals surface area contributed by atoms with Crippen molar-refractivity contribution >= 4 is 23.1 Å². The number of aromatic nitrogens is 4. The molecule has 0 saturated carbocycles. The van der Waals surface area contributed by atoms with E-state index in [4.69, 9.17) is 9.26 Å². The van der Waals surface area contributed by atoms with E-state index >= 15 is 0 Å². The molecule has 8 nitrogen and oxygen atoms in total. The number of thiophene rings is 1. The van der Waals surface area contributed by atoms with Gasteiger partial charge in [0.2, 0.25) is 5.82 Å². The van der Waals surface area contributed by atoms with Gasteiger partial charge in [-0.3, -0.25) is 9.48 Å². The SMILES string of the molecule is Cc1nn(C)c(C)c1C(=O)C(=O)OCc1nc(-c2cccs2)no1. The second-order valence-corrected chi connectivity index (χ2v) is 6.01. The van der Waals surface area contributed by atoms with Crippen molar-refractivity contribution in [3.05, 3.63) is 40.4 Å². The molecular formula is C15H14N4O4S. The van der Waals surface area contributed by atoms with Crippen LogP contribution in [-0.2, 0) is 23.2 Å². The summed E-state index contributed by atoms with van der Waals surface area (Å²) in [5.74, 6) is -1.18. The quantitative estimate of drug-likeness (QED) is 0.396. The molecule has 9 heteroatoms. The number of carbonyl (C=O) groups excluding carboxylic acids is 2. The maximum Gasteiger partial charge on any atom is 0.380 e. The zero-order valence-electron chi connectivity index (χ0n) is 13.3. The van der Waals surface area contributed by atoms with Crippen molar-refractivity contribution in [1.29, 1.82) is 0 Å². The first-order chi connectivity index (χ1) is 11.5. The van der Waals surface area contributed by atoms with E-state index < -0.39 is 11.8 Å². The molecule has 3 aromatic rings. The smallest absolute Gasteiger partial charge is 0.380 e. The monoisotopic (exact) mass is 346 g/mol. The molecule has 0 saturated heterocycles. The van der Waals surface area contributed by atoms with Crippen molar-refractivity contribution in [1.82, 2.24) is 19.9 Å². The van der Waals surface area contributed by atoms with E-state index in [1.54, 1.807) is 25.6 Å². The molecule has 0 fully saturated rings. The fraction of sp³-hybridized carbons (Fsp3) is 0.267. The largest absolute Gasteiger partial charge is 0.450 e. The van der Waals surface area contributed by atoms with Crippen molar-refractivity contribution in [2.24, 2.45) is 7.05 Å². The lowest BCUT2D eigenvalue weighted by Crippen LogP contribution is -2.19. The third kappa shape index (κ3) is 2.98. The summed E-state index contributed by atoms with van der Waals surface area (Å²) in [4.78, 5) is 29.2. The minimum atomic E-state index is -0.981. The van der Waals surface area contributed by atoms with Crippen LogP contribution < -0.4 is 0 Å². The molecule has 24 heavy (non-hydrogen) atoms. The summed E-state index contributed by atoms with van der Waals surface area (Å²) in [6, 6.07) is 3.72. The average Bonchev–Trinajstić information content (AvgIpc) is 3.26. The highest BCUT2D eigenvalue weighted by atomic mass is 32.1. The molecule has 0 atom stereocenters. The Kier molecular flexibility index (Phi) is 4.26. The number of aryl methyl sites for hydroxylation is 2. The molecule has 0 radical (unpaired) electrons. The first-order valence-electron chi connectivity index (χ1n) is 7.05. The number of ether oxygens (including phenoxy) is 1. The Hall–Kier alpha value is -2.81. The first kappa shape index (κ1) is 16.1. The van der Waals surface area contributed by atoms with Crippen molar-refractivity contribution < 1.29 is 18.8 Å². The molecule has 0 aromatic carbocycles. The molecule has 0 aliphatic heterocycles. The first-order valence-corrected chi connectivity index (χ1v) is 7.93. The summed E-state index contributed by atoms with van der Waals surface area (Å²) in [5.41, 5.74) is 1.34. The molecule has 0 spiro atoms. The normalized spacial score (nSPS) is 10.8. The lowest BCUT2D eigenvalue weighted by molar-refractivity contribution is -0.140. The van der Waals surface area contributed by atoms with Crippen LogP contribution in [-0.4, -0.2) is 31.7 Å². The van der Waals surface area contributed by atoms with Crippen LogP contribution in [0.1, 0.15) is 27.6 Å². The summed E-state index contributed by atoms with van der Waals surface area (Å²) in [6.45, 7) is 3.12. The number of hydrogen-bond acceptors (Lipinski definition) is 8. The van der Waals surface area contributed by atoms with Crippen LogP contribution in [0.4, 0.5) is 0 Å². The zero-order valence-corrected chi connectivity index (χ0v) is 14.1. The summed E-state index contributed by atoms with van der Waals surface area (Å²) in [6.07, 6.45) is 0. The molecule has 0 aliphatic rings. The lowest BCUT2D eigenvalue weighted by Gasteiger charge is -2.01. The van der Waals surface area contributed by atoms with Gasteiger partial charge in [0, 0.05) is 12.7 Å². The van der Waals surface area contributed by atoms with Crippen LogP contribution >= 0.6 is 11.3 Å². The number of esters is 1. The summed E-state index contributed by atoms with van der Waals surface area (Å²) < 4.78 is 11.5. The highest BCUT2D eigenvalue weighted by Crippen LogP contribution is 2.21. The van der Waals surface area contributed by atoms with E-state index in [9.17, 15) is 9.59 Å². The summed E-state index contributed by atoms with van der Waals surface area (Å²) >= 11 is 1.47. The van der Waals surface area contributed by atoms with Gasteiger partial charge in [-0.15, -0.1) is 11.3 Å². The number of hydrogen-bond donors (Lipinski definition) is 0.